The van der Waals surface area contributed by atoms with Gasteiger partial charge in [0.05, 0.1) is 0 Å². The van der Waals surface area contributed by atoms with Crippen molar-refractivity contribution in [2.24, 2.45) is 0 Å². The van der Waals surface area contributed by atoms with Gasteiger partial charge in [0, 0.05) is 24.7 Å². The minimum atomic E-state index is 0.707. The molecule has 0 radical (unpaired) electrons. The van der Waals surface area contributed by atoms with E-state index in [0.717, 1.165) is 12.1 Å². The highest BCUT2D eigenvalue weighted by molar-refractivity contribution is 4.83. The van der Waals surface area contributed by atoms with Gasteiger partial charge < -0.3 is 10.2 Å². The lowest BCUT2D eigenvalue weighted by atomic mass is 10.1. The SMILES string of the molecule is CC(CCNC1CC1)N1CCCN(C)CC1C. The van der Waals surface area contributed by atoms with Gasteiger partial charge in [0.1, 0.15) is 0 Å². The van der Waals surface area contributed by atoms with E-state index in [0.29, 0.717) is 6.04 Å². The van der Waals surface area contributed by atoms with Gasteiger partial charge in [-0.15, -0.1) is 0 Å². The zero-order chi connectivity index (χ0) is 12.3. The van der Waals surface area contributed by atoms with Crippen LogP contribution in [0, 0.1) is 0 Å². The normalized spacial score (nSPS) is 30.2. The summed E-state index contributed by atoms with van der Waals surface area (Å²) in [6.45, 7) is 9.73. The van der Waals surface area contributed by atoms with Crippen LogP contribution in [0.4, 0.5) is 0 Å². The molecule has 2 atom stereocenters. The van der Waals surface area contributed by atoms with Crippen LogP contribution in [-0.4, -0.2) is 61.2 Å². The van der Waals surface area contributed by atoms with Crippen LogP contribution in [0.5, 0.6) is 0 Å². The van der Waals surface area contributed by atoms with Gasteiger partial charge in [0.2, 0.25) is 0 Å². The van der Waals surface area contributed by atoms with Gasteiger partial charge in [0.15, 0.2) is 0 Å². The molecule has 100 valence electrons. The monoisotopic (exact) mass is 239 g/mol. The summed E-state index contributed by atoms with van der Waals surface area (Å²) in [6, 6.07) is 2.29. The maximum atomic E-state index is 3.63. The Morgan fingerprint density at radius 2 is 2.06 bits per heavy atom. The lowest BCUT2D eigenvalue weighted by Crippen LogP contribution is -2.44. The predicted octanol–water partition coefficient (Wildman–Crippen LogP) is 1.54. The van der Waals surface area contributed by atoms with Gasteiger partial charge in [-0.1, -0.05) is 0 Å². The number of hydrogen-bond donors (Lipinski definition) is 1. The number of likely N-dealkylation sites (N-methyl/N-ethyl adjacent to an activating group) is 1. The van der Waals surface area contributed by atoms with E-state index >= 15 is 0 Å². The Bertz CT molecular complexity index is 228. The molecule has 2 aliphatic rings. The Morgan fingerprint density at radius 3 is 2.76 bits per heavy atom. The Kier molecular flexibility index (Phi) is 4.83. The Labute approximate surface area is 107 Å². The highest BCUT2D eigenvalue weighted by Crippen LogP contribution is 2.19. The van der Waals surface area contributed by atoms with E-state index in [1.807, 2.05) is 0 Å². The molecule has 1 heterocycles. The fourth-order valence-corrected chi connectivity index (χ4v) is 3.00. The summed E-state index contributed by atoms with van der Waals surface area (Å²) in [5.74, 6) is 0. The number of hydrogen-bond acceptors (Lipinski definition) is 3. The van der Waals surface area contributed by atoms with Crippen LogP contribution in [0.1, 0.15) is 39.5 Å². The van der Waals surface area contributed by atoms with Crippen LogP contribution in [0.3, 0.4) is 0 Å². The minimum Gasteiger partial charge on any atom is -0.314 e. The van der Waals surface area contributed by atoms with Crippen molar-refractivity contribution in [1.82, 2.24) is 15.1 Å². The van der Waals surface area contributed by atoms with Gasteiger partial charge in [-0.3, -0.25) is 4.90 Å². The second-order valence-corrected chi connectivity index (χ2v) is 6.07. The maximum absolute atomic E-state index is 3.63. The van der Waals surface area contributed by atoms with E-state index in [9.17, 15) is 0 Å². The summed E-state index contributed by atoms with van der Waals surface area (Å²) in [5, 5.41) is 3.63. The molecule has 0 aromatic rings. The van der Waals surface area contributed by atoms with Gasteiger partial charge in [-0.25, -0.2) is 0 Å². The van der Waals surface area contributed by atoms with Gasteiger partial charge >= 0.3 is 0 Å². The van der Waals surface area contributed by atoms with E-state index in [1.165, 1.54) is 51.9 Å². The van der Waals surface area contributed by atoms with Crippen LogP contribution in [0.25, 0.3) is 0 Å². The third-order valence-electron chi connectivity index (χ3n) is 4.24. The summed E-state index contributed by atoms with van der Waals surface area (Å²) in [7, 11) is 2.25. The Hall–Kier alpha value is -0.120. The highest BCUT2D eigenvalue weighted by Gasteiger charge is 2.24. The summed E-state index contributed by atoms with van der Waals surface area (Å²) in [5.41, 5.74) is 0. The van der Waals surface area contributed by atoms with Crippen LogP contribution < -0.4 is 5.32 Å². The van der Waals surface area contributed by atoms with Crippen LogP contribution >= 0.6 is 0 Å². The van der Waals surface area contributed by atoms with Crippen LogP contribution in [0.2, 0.25) is 0 Å². The first-order valence-corrected chi connectivity index (χ1v) is 7.34. The molecule has 1 saturated carbocycles. The molecule has 17 heavy (non-hydrogen) atoms. The standard InChI is InChI=1S/C14H29N3/c1-12(7-8-15-14-5-6-14)17-10-4-9-16(3)11-13(17)2/h12-15H,4-11H2,1-3H3. The number of nitrogens with one attached hydrogen (secondary N) is 1. The molecule has 3 nitrogen and oxygen atoms in total. The molecule has 0 amide bonds. The molecule has 1 N–H and O–H groups in total. The average molecular weight is 239 g/mol. The van der Waals surface area contributed by atoms with Gasteiger partial charge in [0.25, 0.3) is 0 Å². The van der Waals surface area contributed by atoms with Crippen molar-refractivity contribution in [3.8, 4) is 0 Å². The maximum Gasteiger partial charge on any atom is 0.0197 e. The molecule has 0 aromatic heterocycles. The van der Waals surface area contributed by atoms with Crippen molar-refractivity contribution in [3.05, 3.63) is 0 Å². The predicted molar refractivity (Wildman–Crippen MR) is 73.4 cm³/mol. The van der Waals surface area contributed by atoms with Crippen molar-refractivity contribution in [2.75, 3.05) is 33.2 Å². The van der Waals surface area contributed by atoms with Gasteiger partial charge in [-0.05, 0) is 66.2 Å². The van der Waals surface area contributed by atoms with Crippen LogP contribution in [-0.2, 0) is 0 Å². The van der Waals surface area contributed by atoms with Crippen molar-refractivity contribution >= 4 is 0 Å². The van der Waals surface area contributed by atoms with Crippen LogP contribution in [0.15, 0.2) is 0 Å². The second kappa shape index (κ2) is 6.17. The lowest BCUT2D eigenvalue weighted by Gasteiger charge is -2.33. The summed E-state index contributed by atoms with van der Waals surface area (Å²) in [6.07, 6.45) is 5.42. The first-order chi connectivity index (χ1) is 8.16. The van der Waals surface area contributed by atoms with Crippen molar-refractivity contribution in [3.63, 3.8) is 0 Å². The molecule has 0 aromatic carbocycles. The number of rotatable bonds is 5. The van der Waals surface area contributed by atoms with Crippen molar-refractivity contribution < 1.29 is 0 Å². The van der Waals surface area contributed by atoms with E-state index in [-0.39, 0.29) is 0 Å². The zero-order valence-electron chi connectivity index (χ0n) is 11.8. The number of nitrogens with zero attached hydrogens (tertiary/aromatic N) is 2. The smallest absolute Gasteiger partial charge is 0.0197 e. The van der Waals surface area contributed by atoms with Gasteiger partial charge in [-0.2, -0.15) is 0 Å². The van der Waals surface area contributed by atoms with Crippen molar-refractivity contribution in [1.29, 1.82) is 0 Å². The Morgan fingerprint density at radius 1 is 1.29 bits per heavy atom. The second-order valence-electron chi connectivity index (χ2n) is 6.07. The third kappa shape index (κ3) is 4.23. The van der Waals surface area contributed by atoms with E-state index < -0.39 is 0 Å². The van der Waals surface area contributed by atoms with E-state index in [2.05, 4.69) is 36.0 Å². The molecule has 1 aliphatic heterocycles. The molecular weight excluding hydrogens is 210 g/mol. The lowest BCUT2D eigenvalue weighted by molar-refractivity contribution is 0.145. The first kappa shape index (κ1) is 13.3. The molecule has 1 saturated heterocycles. The quantitative estimate of drug-likeness (QED) is 0.785. The molecule has 0 spiro atoms. The zero-order valence-corrected chi connectivity index (χ0v) is 11.8. The first-order valence-electron chi connectivity index (χ1n) is 7.34. The fourth-order valence-electron chi connectivity index (χ4n) is 3.00. The highest BCUT2D eigenvalue weighted by atomic mass is 15.2. The summed E-state index contributed by atoms with van der Waals surface area (Å²) < 4.78 is 0. The fraction of sp³-hybridized carbons (Fsp3) is 1.00. The third-order valence-corrected chi connectivity index (χ3v) is 4.24. The molecular formula is C14H29N3. The molecule has 1 aliphatic carbocycles. The summed E-state index contributed by atoms with van der Waals surface area (Å²) in [4.78, 5) is 5.18. The molecule has 0 bridgehead atoms. The average Bonchev–Trinajstić information content (AvgIpc) is 3.07. The molecule has 2 unspecified atom stereocenters. The minimum absolute atomic E-state index is 0.707. The van der Waals surface area contributed by atoms with Crippen molar-refractivity contribution in [2.45, 2.75) is 57.7 Å². The topological polar surface area (TPSA) is 18.5 Å². The molecule has 3 heteroatoms. The summed E-state index contributed by atoms with van der Waals surface area (Å²) >= 11 is 0. The Balaban J connectivity index is 1.73. The largest absolute Gasteiger partial charge is 0.314 e. The van der Waals surface area contributed by atoms with E-state index in [4.69, 9.17) is 0 Å². The molecule has 2 fully saturated rings. The molecule has 2 rings (SSSR count). The van der Waals surface area contributed by atoms with E-state index in [1.54, 1.807) is 0 Å².